The van der Waals surface area contributed by atoms with E-state index >= 15 is 0 Å². The van der Waals surface area contributed by atoms with Gasteiger partial charge in [-0.25, -0.2) is 0 Å². The third kappa shape index (κ3) is 1.66. The zero-order chi connectivity index (χ0) is 12.9. The molecule has 1 aromatic heterocycles. The van der Waals surface area contributed by atoms with Crippen LogP contribution in [-0.2, 0) is 0 Å². The Morgan fingerprint density at radius 3 is 2.61 bits per heavy atom. The lowest BCUT2D eigenvalue weighted by Gasteiger charge is -2.19. The molecule has 1 aromatic rings. The van der Waals surface area contributed by atoms with Gasteiger partial charge in [0.15, 0.2) is 5.75 Å². The van der Waals surface area contributed by atoms with Gasteiger partial charge in [0.1, 0.15) is 0 Å². The van der Waals surface area contributed by atoms with Crippen molar-refractivity contribution in [1.29, 1.82) is 0 Å². The molecule has 0 amide bonds. The normalized spacial score (nSPS) is 31.5. The predicted molar refractivity (Wildman–Crippen MR) is 70.4 cm³/mol. The standard InChI is InChI=1S/C14H23N3O/c1-8(2)17-14(11(18-3)7-16-17)13(15)12-9-5-4-6-10(9)12/h7-10,12-13H,4-6,15H2,1-3H3. The Kier molecular flexibility index (Phi) is 2.85. The van der Waals surface area contributed by atoms with Crippen LogP contribution in [0.1, 0.15) is 50.9 Å². The second-order valence-electron chi connectivity index (χ2n) is 6.00. The second-order valence-corrected chi connectivity index (χ2v) is 6.00. The lowest BCUT2D eigenvalue weighted by atomic mass is 10.0. The first-order chi connectivity index (χ1) is 8.65. The molecule has 3 unspecified atom stereocenters. The number of hydrogen-bond acceptors (Lipinski definition) is 3. The molecule has 2 aliphatic rings. The highest BCUT2D eigenvalue weighted by atomic mass is 16.5. The molecular formula is C14H23N3O. The van der Waals surface area contributed by atoms with Crippen LogP contribution in [0.3, 0.4) is 0 Å². The minimum absolute atomic E-state index is 0.0835. The van der Waals surface area contributed by atoms with Gasteiger partial charge >= 0.3 is 0 Å². The molecule has 0 radical (unpaired) electrons. The molecule has 4 heteroatoms. The van der Waals surface area contributed by atoms with Crippen LogP contribution in [0.4, 0.5) is 0 Å². The predicted octanol–water partition coefficient (Wildman–Crippen LogP) is 2.52. The molecule has 0 spiro atoms. The number of fused-ring (bicyclic) bond motifs is 1. The number of aromatic nitrogens is 2. The van der Waals surface area contributed by atoms with Gasteiger partial charge in [-0.05, 0) is 44.4 Å². The van der Waals surface area contributed by atoms with Crippen molar-refractivity contribution < 1.29 is 4.74 Å². The van der Waals surface area contributed by atoms with Crippen molar-refractivity contribution in [3.8, 4) is 5.75 Å². The highest BCUT2D eigenvalue weighted by Crippen LogP contribution is 2.62. The summed E-state index contributed by atoms with van der Waals surface area (Å²) in [6, 6.07) is 0.411. The van der Waals surface area contributed by atoms with E-state index in [0.717, 1.165) is 23.3 Å². The maximum absolute atomic E-state index is 6.51. The average molecular weight is 249 g/mol. The Morgan fingerprint density at radius 1 is 1.39 bits per heavy atom. The molecule has 0 saturated heterocycles. The molecule has 0 aliphatic heterocycles. The van der Waals surface area contributed by atoms with Crippen LogP contribution in [0.25, 0.3) is 0 Å². The third-order valence-corrected chi connectivity index (χ3v) is 4.71. The fourth-order valence-corrected chi connectivity index (χ4v) is 3.83. The fourth-order valence-electron chi connectivity index (χ4n) is 3.83. The summed E-state index contributed by atoms with van der Waals surface area (Å²) in [5.74, 6) is 3.23. The molecule has 3 rings (SSSR count). The van der Waals surface area contributed by atoms with Crippen molar-refractivity contribution in [2.24, 2.45) is 23.5 Å². The molecule has 0 bridgehead atoms. The van der Waals surface area contributed by atoms with Crippen molar-refractivity contribution in [3.63, 3.8) is 0 Å². The van der Waals surface area contributed by atoms with Gasteiger partial charge in [-0.15, -0.1) is 0 Å². The number of ether oxygens (including phenoxy) is 1. The van der Waals surface area contributed by atoms with Gasteiger partial charge in [-0.3, -0.25) is 4.68 Å². The number of nitrogens with two attached hydrogens (primary N) is 1. The van der Waals surface area contributed by atoms with Gasteiger partial charge < -0.3 is 10.5 Å². The number of methoxy groups -OCH3 is 1. The molecule has 2 saturated carbocycles. The first kappa shape index (κ1) is 12.0. The smallest absolute Gasteiger partial charge is 0.161 e. The monoisotopic (exact) mass is 249 g/mol. The van der Waals surface area contributed by atoms with E-state index in [4.69, 9.17) is 10.5 Å². The van der Waals surface area contributed by atoms with Crippen LogP contribution >= 0.6 is 0 Å². The zero-order valence-electron chi connectivity index (χ0n) is 11.5. The average Bonchev–Trinajstić information content (AvgIpc) is 2.77. The topological polar surface area (TPSA) is 53.1 Å². The van der Waals surface area contributed by atoms with E-state index in [2.05, 4.69) is 18.9 Å². The highest BCUT2D eigenvalue weighted by Gasteiger charge is 2.56. The first-order valence-corrected chi connectivity index (χ1v) is 7.02. The van der Waals surface area contributed by atoms with Gasteiger partial charge in [-0.2, -0.15) is 5.10 Å². The molecule has 0 aromatic carbocycles. The Morgan fingerprint density at radius 2 is 2.06 bits per heavy atom. The quantitative estimate of drug-likeness (QED) is 0.892. The zero-order valence-corrected chi connectivity index (χ0v) is 11.5. The number of hydrogen-bond donors (Lipinski definition) is 1. The van der Waals surface area contributed by atoms with Gasteiger partial charge in [0.25, 0.3) is 0 Å². The fraction of sp³-hybridized carbons (Fsp3) is 0.786. The molecule has 2 N–H and O–H groups in total. The first-order valence-electron chi connectivity index (χ1n) is 7.02. The van der Waals surface area contributed by atoms with E-state index in [9.17, 15) is 0 Å². The highest BCUT2D eigenvalue weighted by molar-refractivity contribution is 5.31. The van der Waals surface area contributed by atoms with Gasteiger partial charge in [0, 0.05) is 6.04 Å². The molecule has 18 heavy (non-hydrogen) atoms. The molecule has 3 atom stereocenters. The van der Waals surface area contributed by atoms with Crippen LogP contribution < -0.4 is 10.5 Å². The van der Waals surface area contributed by atoms with Crippen LogP contribution in [0.5, 0.6) is 5.75 Å². The number of rotatable bonds is 4. The number of nitrogens with zero attached hydrogens (tertiary/aromatic N) is 2. The van der Waals surface area contributed by atoms with Crippen LogP contribution in [-0.4, -0.2) is 16.9 Å². The van der Waals surface area contributed by atoms with Crippen LogP contribution in [0.15, 0.2) is 6.20 Å². The Bertz CT molecular complexity index is 430. The summed E-state index contributed by atoms with van der Waals surface area (Å²) >= 11 is 0. The van der Waals surface area contributed by atoms with Crippen molar-refractivity contribution >= 4 is 0 Å². The SMILES string of the molecule is COc1cnn(C(C)C)c1C(N)C1C2CCCC21. The molecule has 1 heterocycles. The van der Waals surface area contributed by atoms with Gasteiger partial charge in [0.05, 0.1) is 25.0 Å². The minimum atomic E-state index is 0.0835. The molecular weight excluding hydrogens is 226 g/mol. The largest absolute Gasteiger partial charge is 0.493 e. The lowest BCUT2D eigenvalue weighted by Crippen LogP contribution is -2.21. The maximum atomic E-state index is 6.51. The van der Waals surface area contributed by atoms with Crippen LogP contribution in [0, 0.1) is 17.8 Å². The van der Waals surface area contributed by atoms with E-state index < -0.39 is 0 Å². The summed E-state index contributed by atoms with van der Waals surface area (Å²) < 4.78 is 7.46. The Balaban J connectivity index is 1.88. The molecule has 100 valence electrons. The van der Waals surface area contributed by atoms with Gasteiger partial charge in [-0.1, -0.05) is 6.42 Å². The second kappa shape index (κ2) is 4.26. The van der Waals surface area contributed by atoms with Crippen LogP contribution in [0.2, 0.25) is 0 Å². The maximum Gasteiger partial charge on any atom is 0.161 e. The van der Waals surface area contributed by atoms with Gasteiger partial charge in [0.2, 0.25) is 0 Å². The Labute approximate surface area is 108 Å². The molecule has 2 aliphatic carbocycles. The third-order valence-electron chi connectivity index (χ3n) is 4.71. The van der Waals surface area contributed by atoms with E-state index in [1.54, 1.807) is 13.3 Å². The molecule has 4 nitrogen and oxygen atoms in total. The summed E-state index contributed by atoms with van der Waals surface area (Å²) in [5, 5.41) is 4.42. The summed E-state index contributed by atoms with van der Waals surface area (Å²) in [6.45, 7) is 4.27. The Hall–Kier alpha value is -1.03. The summed E-state index contributed by atoms with van der Waals surface area (Å²) in [6.07, 6.45) is 5.91. The minimum Gasteiger partial charge on any atom is -0.493 e. The van der Waals surface area contributed by atoms with Crippen molar-refractivity contribution in [1.82, 2.24) is 9.78 Å². The summed E-state index contributed by atoms with van der Waals surface area (Å²) in [7, 11) is 1.70. The van der Waals surface area contributed by atoms with Crippen molar-refractivity contribution in [2.45, 2.75) is 45.2 Å². The van der Waals surface area contributed by atoms with E-state index in [0.29, 0.717) is 12.0 Å². The van der Waals surface area contributed by atoms with E-state index in [1.807, 2.05) is 4.68 Å². The summed E-state index contributed by atoms with van der Waals surface area (Å²) in [5.41, 5.74) is 7.60. The van der Waals surface area contributed by atoms with Crippen molar-refractivity contribution in [3.05, 3.63) is 11.9 Å². The van der Waals surface area contributed by atoms with E-state index in [1.165, 1.54) is 19.3 Å². The van der Waals surface area contributed by atoms with E-state index in [-0.39, 0.29) is 6.04 Å². The van der Waals surface area contributed by atoms with Crippen molar-refractivity contribution in [2.75, 3.05) is 7.11 Å². The lowest BCUT2D eigenvalue weighted by molar-refractivity contribution is 0.381. The summed E-state index contributed by atoms with van der Waals surface area (Å²) in [4.78, 5) is 0. The molecule has 2 fully saturated rings.